The maximum Gasteiger partial charge on any atom is 0.337 e. The molecule has 0 radical (unpaired) electrons. The van der Waals surface area contributed by atoms with Gasteiger partial charge in [-0.05, 0) is 75.6 Å². The predicted molar refractivity (Wildman–Crippen MR) is 141 cm³/mol. The number of allylic oxidation sites excluding steroid dienone is 1. The highest BCUT2D eigenvalue weighted by Gasteiger charge is 2.28. The van der Waals surface area contributed by atoms with Crippen molar-refractivity contribution in [2.75, 3.05) is 7.11 Å². The van der Waals surface area contributed by atoms with Crippen molar-refractivity contribution < 1.29 is 9.53 Å². The normalized spacial score (nSPS) is 14.4. The SMILES string of the molecule is COC(=O)c1ccc(/C=C/c2ccc3c(c2)C(c2ccc(-n4ccnc4)cc2)=CCC3(C)C)cc1. The maximum atomic E-state index is 11.7. The van der Waals surface area contributed by atoms with E-state index in [4.69, 9.17) is 4.74 Å². The number of ether oxygens (including phenoxy) is 1. The molecule has 1 aliphatic carbocycles. The molecule has 0 fully saturated rings. The average molecular weight is 461 g/mol. The number of fused-ring (bicyclic) bond motifs is 1. The topological polar surface area (TPSA) is 44.1 Å². The number of aromatic nitrogens is 2. The number of carbonyl (C=O) groups is 1. The van der Waals surface area contributed by atoms with Crippen molar-refractivity contribution in [2.24, 2.45) is 0 Å². The Kier molecular flexibility index (Phi) is 5.96. The van der Waals surface area contributed by atoms with Gasteiger partial charge in [0.1, 0.15) is 0 Å². The van der Waals surface area contributed by atoms with Gasteiger partial charge in [0.05, 0.1) is 19.0 Å². The molecule has 1 heterocycles. The number of carbonyl (C=O) groups excluding carboxylic acids is 1. The molecule has 0 atom stereocenters. The van der Waals surface area contributed by atoms with Gasteiger partial charge in [-0.25, -0.2) is 9.78 Å². The lowest BCUT2D eigenvalue weighted by atomic mass is 9.72. The van der Waals surface area contributed by atoms with Gasteiger partial charge in [0.25, 0.3) is 0 Å². The van der Waals surface area contributed by atoms with Gasteiger partial charge in [0, 0.05) is 18.1 Å². The van der Waals surface area contributed by atoms with Crippen LogP contribution in [0.4, 0.5) is 0 Å². The minimum atomic E-state index is -0.324. The second-order valence-electron chi connectivity index (χ2n) is 9.47. The second kappa shape index (κ2) is 9.22. The van der Waals surface area contributed by atoms with Crippen LogP contribution >= 0.6 is 0 Å². The lowest BCUT2D eigenvalue weighted by molar-refractivity contribution is 0.0600. The Balaban J connectivity index is 1.45. The van der Waals surface area contributed by atoms with Crippen molar-refractivity contribution in [1.29, 1.82) is 0 Å². The first-order chi connectivity index (χ1) is 16.9. The number of benzene rings is 3. The molecule has 35 heavy (non-hydrogen) atoms. The van der Waals surface area contributed by atoms with Crippen LogP contribution in [0.5, 0.6) is 0 Å². The van der Waals surface area contributed by atoms with Gasteiger partial charge in [-0.2, -0.15) is 0 Å². The van der Waals surface area contributed by atoms with E-state index >= 15 is 0 Å². The fourth-order valence-corrected chi connectivity index (χ4v) is 4.59. The first-order valence-corrected chi connectivity index (χ1v) is 11.7. The Labute approximate surface area is 206 Å². The van der Waals surface area contributed by atoms with Crippen LogP contribution in [0, 0.1) is 0 Å². The third-order valence-corrected chi connectivity index (χ3v) is 6.66. The molecule has 3 aromatic carbocycles. The van der Waals surface area contributed by atoms with Crippen LogP contribution in [-0.2, 0) is 10.2 Å². The molecule has 0 N–H and O–H groups in total. The number of hydrogen-bond acceptors (Lipinski definition) is 3. The van der Waals surface area contributed by atoms with Crippen LogP contribution in [0.1, 0.15) is 58.4 Å². The summed E-state index contributed by atoms with van der Waals surface area (Å²) in [5, 5.41) is 0. The summed E-state index contributed by atoms with van der Waals surface area (Å²) in [6, 6.07) is 22.8. The molecule has 4 aromatic rings. The van der Waals surface area contributed by atoms with Gasteiger partial charge < -0.3 is 9.30 Å². The summed E-state index contributed by atoms with van der Waals surface area (Å²) in [4.78, 5) is 15.8. The number of hydrogen-bond donors (Lipinski definition) is 0. The van der Waals surface area contributed by atoms with E-state index in [0.717, 1.165) is 23.2 Å². The Morgan fingerprint density at radius 3 is 2.37 bits per heavy atom. The van der Waals surface area contributed by atoms with Crippen molar-refractivity contribution in [1.82, 2.24) is 9.55 Å². The number of esters is 1. The van der Waals surface area contributed by atoms with Crippen molar-refractivity contribution in [3.63, 3.8) is 0 Å². The molecule has 0 saturated heterocycles. The van der Waals surface area contributed by atoms with Crippen molar-refractivity contribution in [2.45, 2.75) is 25.7 Å². The Morgan fingerprint density at radius 2 is 1.69 bits per heavy atom. The molecule has 0 amide bonds. The fourth-order valence-electron chi connectivity index (χ4n) is 4.59. The lowest BCUT2D eigenvalue weighted by Gasteiger charge is -2.32. The highest BCUT2D eigenvalue weighted by molar-refractivity contribution is 5.90. The summed E-state index contributed by atoms with van der Waals surface area (Å²) in [5.41, 5.74) is 9.03. The number of imidazole rings is 1. The van der Waals surface area contributed by atoms with E-state index in [0.29, 0.717) is 5.56 Å². The molecule has 1 aliphatic rings. The van der Waals surface area contributed by atoms with E-state index in [2.05, 4.69) is 79.5 Å². The van der Waals surface area contributed by atoms with E-state index in [9.17, 15) is 4.79 Å². The summed E-state index contributed by atoms with van der Waals surface area (Å²) in [6.07, 6.45) is 13.1. The minimum Gasteiger partial charge on any atom is -0.465 e. The molecule has 5 rings (SSSR count). The summed E-state index contributed by atoms with van der Waals surface area (Å²) >= 11 is 0. The minimum absolute atomic E-state index is 0.0849. The Hall–Kier alpha value is -4.18. The number of nitrogens with zero attached hydrogens (tertiary/aromatic N) is 2. The van der Waals surface area contributed by atoms with Crippen LogP contribution in [0.25, 0.3) is 23.4 Å². The van der Waals surface area contributed by atoms with E-state index in [-0.39, 0.29) is 11.4 Å². The highest BCUT2D eigenvalue weighted by Crippen LogP contribution is 2.42. The monoisotopic (exact) mass is 460 g/mol. The molecule has 174 valence electrons. The molecule has 4 heteroatoms. The van der Waals surface area contributed by atoms with E-state index in [1.165, 1.54) is 29.4 Å². The molecule has 0 bridgehead atoms. The number of methoxy groups -OCH3 is 1. The standard InChI is InChI=1S/C31H28N2O2/c1-31(2)17-16-27(24-11-13-26(14-12-24)33-19-18-32-21-33)28-20-23(8-15-29(28)31)5-4-22-6-9-25(10-7-22)30(34)35-3/h4-16,18-21H,17H2,1-3H3/b5-4+. The largest absolute Gasteiger partial charge is 0.465 e. The van der Waals surface area contributed by atoms with Crippen molar-refractivity contribution in [3.05, 3.63) is 125 Å². The van der Waals surface area contributed by atoms with Crippen LogP contribution in [0.2, 0.25) is 0 Å². The molecule has 0 saturated carbocycles. The maximum absolute atomic E-state index is 11.7. The van der Waals surface area contributed by atoms with Crippen molar-refractivity contribution >= 4 is 23.7 Å². The van der Waals surface area contributed by atoms with E-state index < -0.39 is 0 Å². The lowest BCUT2D eigenvalue weighted by Crippen LogP contribution is -2.21. The zero-order valence-corrected chi connectivity index (χ0v) is 20.2. The molecule has 0 spiro atoms. The van der Waals surface area contributed by atoms with E-state index in [1.54, 1.807) is 18.3 Å². The molecular weight excluding hydrogens is 432 g/mol. The first-order valence-electron chi connectivity index (χ1n) is 11.7. The van der Waals surface area contributed by atoms with Gasteiger partial charge in [-0.3, -0.25) is 0 Å². The summed E-state index contributed by atoms with van der Waals surface area (Å²) in [5.74, 6) is -0.324. The fraction of sp³-hybridized carbons (Fsp3) is 0.161. The predicted octanol–water partition coefficient (Wildman–Crippen LogP) is 6.94. The highest BCUT2D eigenvalue weighted by atomic mass is 16.5. The molecule has 4 nitrogen and oxygen atoms in total. The zero-order chi connectivity index (χ0) is 24.4. The second-order valence-corrected chi connectivity index (χ2v) is 9.47. The Morgan fingerprint density at radius 1 is 0.971 bits per heavy atom. The van der Waals surface area contributed by atoms with Gasteiger partial charge in [-0.1, -0.05) is 68.5 Å². The Bertz CT molecular complexity index is 1410. The molecule has 0 aliphatic heterocycles. The quantitative estimate of drug-likeness (QED) is 0.239. The summed E-state index contributed by atoms with van der Waals surface area (Å²) in [6.45, 7) is 4.61. The summed E-state index contributed by atoms with van der Waals surface area (Å²) < 4.78 is 6.79. The average Bonchev–Trinajstić information content (AvgIpc) is 3.43. The van der Waals surface area contributed by atoms with Crippen LogP contribution < -0.4 is 0 Å². The smallest absolute Gasteiger partial charge is 0.337 e. The van der Waals surface area contributed by atoms with Gasteiger partial charge in [0.2, 0.25) is 0 Å². The number of rotatable bonds is 5. The van der Waals surface area contributed by atoms with Gasteiger partial charge >= 0.3 is 5.97 Å². The van der Waals surface area contributed by atoms with Crippen LogP contribution in [-0.4, -0.2) is 22.6 Å². The van der Waals surface area contributed by atoms with Crippen molar-refractivity contribution in [3.8, 4) is 5.69 Å². The van der Waals surface area contributed by atoms with Gasteiger partial charge in [0.15, 0.2) is 0 Å². The van der Waals surface area contributed by atoms with Crippen LogP contribution in [0.3, 0.4) is 0 Å². The van der Waals surface area contributed by atoms with Crippen LogP contribution in [0.15, 0.2) is 91.5 Å². The first kappa shape index (κ1) is 22.6. The molecule has 0 unspecified atom stereocenters. The third-order valence-electron chi connectivity index (χ3n) is 6.66. The molecular formula is C31H28N2O2. The van der Waals surface area contributed by atoms with Gasteiger partial charge in [-0.15, -0.1) is 0 Å². The molecule has 1 aromatic heterocycles. The third kappa shape index (κ3) is 4.60. The summed E-state index contributed by atoms with van der Waals surface area (Å²) in [7, 11) is 1.39. The van der Waals surface area contributed by atoms with E-state index in [1.807, 2.05) is 29.2 Å². The zero-order valence-electron chi connectivity index (χ0n) is 20.2.